The maximum Gasteiger partial charge on any atom is 0.343 e. The van der Waals surface area contributed by atoms with Crippen LogP contribution in [0.1, 0.15) is 22.8 Å². The Bertz CT molecular complexity index is 810. The van der Waals surface area contributed by atoms with Crippen LogP contribution in [-0.2, 0) is 0 Å². The van der Waals surface area contributed by atoms with Crippen LogP contribution >= 0.6 is 23.8 Å². The maximum atomic E-state index is 12.2. The van der Waals surface area contributed by atoms with Gasteiger partial charge in [-0.3, -0.25) is 5.43 Å². The summed E-state index contributed by atoms with van der Waals surface area (Å²) in [6.07, 6.45) is 1.58. The third kappa shape index (κ3) is 5.72. The first-order chi connectivity index (χ1) is 12.5. The first-order valence-corrected chi connectivity index (χ1v) is 8.54. The van der Waals surface area contributed by atoms with Crippen LogP contribution in [0.3, 0.4) is 0 Å². The lowest BCUT2D eigenvalue weighted by atomic mass is 10.2. The van der Waals surface area contributed by atoms with Crippen LogP contribution in [0.4, 0.5) is 0 Å². The van der Waals surface area contributed by atoms with E-state index in [-0.39, 0.29) is 0 Å². The molecule has 0 aliphatic rings. The molecule has 0 saturated carbocycles. The summed E-state index contributed by atoms with van der Waals surface area (Å²) in [6, 6.07) is 11.5. The van der Waals surface area contributed by atoms with Crippen molar-refractivity contribution in [2.75, 3.05) is 13.7 Å². The van der Waals surface area contributed by atoms with Crippen molar-refractivity contribution in [2.45, 2.75) is 6.92 Å². The number of halogens is 1. The Morgan fingerprint density at radius 3 is 2.62 bits per heavy atom. The molecule has 8 heteroatoms. The largest absolute Gasteiger partial charge is 0.493 e. The summed E-state index contributed by atoms with van der Waals surface area (Å²) >= 11 is 10.8. The zero-order chi connectivity index (χ0) is 18.9. The highest BCUT2D eigenvalue weighted by atomic mass is 35.5. The van der Waals surface area contributed by atoms with Crippen molar-refractivity contribution >= 4 is 41.1 Å². The number of methoxy groups -OCH3 is 1. The number of ether oxygens (including phenoxy) is 2. The minimum atomic E-state index is -0.501. The van der Waals surface area contributed by atoms with Gasteiger partial charge in [0.25, 0.3) is 0 Å². The van der Waals surface area contributed by atoms with E-state index in [9.17, 15) is 4.79 Å². The number of nitrogens with zero attached hydrogens (tertiary/aromatic N) is 1. The quantitative estimate of drug-likeness (QED) is 0.258. The molecule has 26 heavy (non-hydrogen) atoms. The Morgan fingerprint density at radius 1 is 1.23 bits per heavy atom. The highest BCUT2D eigenvalue weighted by Crippen LogP contribution is 2.28. The van der Waals surface area contributed by atoms with Gasteiger partial charge in [-0.25, -0.2) is 4.79 Å². The van der Waals surface area contributed by atoms with Crippen molar-refractivity contribution in [2.24, 2.45) is 5.10 Å². The Labute approximate surface area is 162 Å². The van der Waals surface area contributed by atoms with E-state index in [0.29, 0.717) is 33.7 Å². The topological polar surface area (TPSA) is 72.0 Å². The SMILES string of the molecule is CCNC(=S)NN=Cc1ccc(OC(=O)c2ccc(Cl)cc2)c(OC)c1. The number of carbonyl (C=O) groups excluding carboxylic acids is 1. The summed E-state index contributed by atoms with van der Waals surface area (Å²) in [4.78, 5) is 12.2. The number of benzene rings is 2. The van der Waals surface area contributed by atoms with Crippen LogP contribution in [0.25, 0.3) is 0 Å². The number of nitrogens with one attached hydrogen (secondary N) is 2. The number of carbonyl (C=O) groups is 1. The first-order valence-electron chi connectivity index (χ1n) is 7.76. The third-order valence-corrected chi connectivity index (χ3v) is 3.67. The number of rotatable bonds is 6. The van der Waals surface area contributed by atoms with E-state index in [2.05, 4.69) is 15.8 Å². The van der Waals surface area contributed by atoms with E-state index < -0.39 is 5.97 Å². The predicted molar refractivity (Wildman–Crippen MR) is 106 cm³/mol. The zero-order valence-electron chi connectivity index (χ0n) is 14.3. The van der Waals surface area contributed by atoms with Gasteiger partial charge >= 0.3 is 5.97 Å². The molecule has 2 aromatic rings. The lowest BCUT2D eigenvalue weighted by Crippen LogP contribution is -2.31. The number of esters is 1. The molecule has 0 aliphatic carbocycles. The summed E-state index contributed by atoms with van der Waals surface area (Å²) in [5.41, 5.74) is 3.84. The van der Waals surface area contributed by atoms with E-state index in [1.54, 1.807) is 48.7 Å². The molecule has 6 nitrogen and oxygen atoms in total. The molecule has 0 aromatic heterocycles. The molecule has 0 heterocycles. The van der Waals surface area contributed by atoms with Crippen molar-refractivity contribution in [3.05, 3.63) is 58.6 Å². The summed E-state index contributed by atoms with van der Waals surface area (Å²) in [5, 5.41) is 7.93. The second kappa shape index (κ2) is 9.74. The predicted octanol–water partition coefficient (Wildman–Crippen LogP) is 3.39. The molecular formula is C18H18ClN3O3S. The van der Waals surface area contributed by atoms with E-state index >= 15 is 0 Å². The van der Waals surface area contributed by atoms with E-state index in [0.717, 1.165) is 5.56 Å². The van der Waals surface area contributed by atoms with Crippen LogP contribution in [0.2, 0.25) is 5.02 Å². The number of thiocarbonyl (C=S) groups is 1. The fourth-order valence-corrected chi connectivity index (χ4v) is 2.28. The van der Waals surface area contributed by atoms with Gasteiger partial charge in [-0.15, -0.1) is 0 Å². The molecule has 0 saturated heterocycles. The Hall–Kier alpha value is -2.64. The van der Waals surface area contributed by atoms with Crippen LogP contribution in [0.15, 0.2) is 47.6 Å². The Morgan fingerprint density at radius 2 is 1.96 bits per heavy atom. The maximum absolute atomic E-state index is 12.2. The van der Waals surface area contributed by atoms with Gasteiger partial charge in [-0.1, -0.05) is 11.6 Å². The van der Waals surface area contributed by atoms with Crippen molar-refractivity contribution in [1.29, 1.82) is 0 Å². The van der Waals surface area contributed by atoms with Gasteiger partial charge in [-0.2, -0.15) is 5.10 Å². The highest BCUT2D eigenvalue weighted by Gasteiger charge is 2.12. The minimum absolute atomic E-state index is 0.306. The average molecular weight is 392 g/mol. The van der Waals surface area contributed by atoms with Crippen molar-refractivity contribution in [3.8, 4) is 11.5 Å². The minimum Gasteiger partial charge on any atom is -0.493 e. The molecule has 0 bridgehead atoms. The number of hydrogen-bond acceptors (Lipinski definition) is 5. The van der Waals surface area contributed by atoms with Crippen molar-refractivity contribution in [3.63, 3.8) is 0 Å². The molecule has 2 N–H and O–H groups in total. The first kappa shape index (κ1) is 19.7. The second-order valence-corrected chi connectivity index (χ2v) is 5.88. The van der Waals surface area contributed by atoms with E-state index in [1.165, 1.54) is 7.11 Å². The molecule has 2 rings (SSSR count). The number of hydrogen-bond donors (Lipinski definition) is 2. The van der Waals surface area contributed by atoms with Gasteiger partial charge in [0.15, 0.2) is 16.6 Å². The molecule has 0 fully saturated rings. The molecule has 0 aliphatic heterocycles. The molecule has 0 unspecified atom stereocenters. The summed E-state index contributed by atoms with van der Waals surface area (Å²) in [7, 11) is 1.49. The standard InChI is InChI=1S/C18H18ClN3O3S/c1-3-20-18(26)22-21-11-12-4-9-15(16(10-12)24-2)25-17(23)13-5-7-14(19)8-6-13/h4-11H,3H2,1-2H3,(H2,20,22,26). The summed E-state index contributed by atoms with van der Waals surface area (Å²) < 4.78 is 10.7. The van der Waals surface area contributed by atoms with Crippen molar-refractivity contribution in [1.82, 2.24) is 10.7 Å². The van der Waals surface area contributed by atoms with Crippen LogP contribution in [0.5, 0.6) is 11.5 Å². The Kier molecular flexibility index (Phi) is 7.37. The summed E-state index contributed by atoms with van der Waals surface area (Å²) in [6.45, 7) is 2.65. The van der Waals surface area contributed by atoms with Crippen molar-refractivity contribution < 1.29 is 14.3 Å². The molecule has 136 valence electrons. The monoisotopic (exact) mass is 391 g/mol. The van der Waals surface area contributed by atoms with Gasteiger partial charge in [-0.05, 0) is 67.2 Å². The van der Waals surface area contributed by atoms with Crippen LogP contribution < -0.4 is 20.2 Å². The third-order valence-electron chi connectivity index (χ3n) is 3.19. The zero-order valence-corrected chi connectivity index (χ0v) is 15.9. The van der Waals surface area contributed by atoms with Gasteiger partial charge in [0.1, 0.15) is 0 Å². The molecule has 0 amide bonds. The molecule has 0 radical (unpaired) electrons. The van der Waals surface area contributed by atoms with E-state index in [1.807, 2.05) is 6.92 Å². The molecule has 0 atom stereocenters. The average Bonchev–Trinajstić information content (AvgIpc) is 2.63. The molecule has 0 spiro atoms. The fourth-order valence-electron chi connectivity index (χ4n) is 1.96. The second-order valence-electron chi connectivity index (χ2n) is 5.04. The van der Waals surface area contributed by atoms with Crippen LogP contribution in [-0.4, -0.2) is 31.0 Å². The highest BCUT2D eigenvalue weighted by molar-refractivity contribution is 7.80. The van der Waals surface area contributed by atoms with Gasteiger partial charge in [0.2, 0.25) is 0 Å². The van der Waals surface area contributed by atoms with E-state index in [4.69, 9.17) is 33.3 Å². The summed E-state index contributed by atoms with van der Waals surface area (Å²) in [5.74, 6) is 0.213. The molecule has 2 aromatic carbocycles. The van der Waals surface area contributed by atoms with Gasteiger partial charge in [0.05, 0.1) is 18.9 Å². The molecular weight excluding hydrogens is 374 g/mol. The smallest absolute Gasteiger partial charge is 0.343 e. The lowest BCUT2D eigenvalue weighted by Gasteiger charge is -2.10. The Balaban J connectivity index is 2.08. The normalized spacial score (nSPS) is 10.4. The van der Waals surface area contributed by atoms with Crippen LogP contribution in [0, 0.1) is 0 Å². The fraction of sp³-hybridized carbons (Fsp3) is 0.167. The van der Waals surface area contributed by atoms with Gasteiger partial charge in [0, 0.05) is 11.6 Å². The number of hydrazone groups is 1. The lowest BCUT2D eigenvalue weighted by molar-refractivity contribution is 0.0729. The van der Waals surface area contributed by atoms with Gasteiger partial charge < -0.3 is 14.8 Å².